The Balaban J connectivity index is 2.21. The molecule has 18 heavy (non-hydrogen) atoms. The van der Waals surface area contributed by atoms with Crippen LogP contribution in [0.15, 0.2) is 30.5 Å². The normalized spacial score (nSPS) is 24.8. The van der Waals surface area contributed by atoms with Crippen LogP contribution in [0.25, 0.3) is 10.9 Å². The Morgan fingerprint density at radius 2 is 2.22 bits per heavy atom. The van der Waals surface area contributed by atoms with E-state index in [2.05, 4.69) is 23.0 Å². The van der Waals surface area contributed by atoms with Crippen molar-refractivity contribution in [3.8, 4) is 0 Å². The van der Waals surface area contributed by atoms with Gasteiger partial charge in [-0.3, -0.25) is 9.88 Å². The molecule has 1 aromatic heterocycles. The number of hydrogen-bond acceptors (Lipinski definition) is 3. The van der Waals surface area contributed by atoms with Crippen LogP contribution in [-0.4, -0.2) is 29.5 Å². The average molecular weight is 262 g/mol. The number of nitrogens with zero attached hydrogens (tertiary/aromatic N) is 2. The van der Waals surface area contributed by atoms with Gasteiger partial charge in [-0.15, -0.1) is 0 Å². The Hall–Kier alpha value is -1.16. The molecule has 2 atom stereocenters. The first-order valence-electron chi connectivity index (χ1n) is 6.17. The lowest BCUT2D eigenvalue weighted by Gasteiger charge is -2.24. The Morgan fingerprint density at radius 1 is 1.39 bits per heavy atom. The molecule has 2 aromatic rings. The van der Waals surface area contributed by atoms with Gasteiger partial charge in [-0.25, -0.2) is 0 Å². The van der Waals surface area contributed by atoms with Crippen molar-refractivity contribution in [1.82, 2.24) is 9.88 Å². The van der Waals surface area contributed by atoms with Gasteiger partial charge in [0.1, 0.15) is 0 Å². The Morgan fingerprint density at radius 3 is 2.94 bits per heavy atom. The predicted octanol–water partition coefficient (Wildman–Crippen LogP) is 2.59. The molecule has 1 aliphatic heterocycles. The fraction of sp³-hybridized carbons (Fsp3) is 0.357. The van der Waals surface area contributed by atoms with Gasteiger partial charge >= 0.3 is 0 Å². The van der Waals surface area contributed by atoms with Crippen LogP contribution in [0.1, 0.15) is 18.0 Å². The maximum absolute atomic E-state index is 6.23. The highest BCUT2D eigenvalue weighted by molar-refractivity contribution is 6.35. The third-order valence-electron chi connectivity index (χ3n) is 3.76. The van der Waals surface area contributed by atoms with Crippen LogP contribution in [0, 0.1) is 0 Å². The molecule has 0 saturated carbocycles. The lowest BCUT2D eigenvalue weighted by molar-refractivity contribution is 0.305. The topological polar surface area (TPSA) is 42.1 Å². The van der Waals surface area contributed by atoms with Gasteiger partial charge in [0.15, 0.2) is 0 Å². The van der Waals surface area contributed by atoms with Crippen molar-refractivity contribution in [2.45, 2.75) is 18.5 Å². The highest BCUT2D eigenvalue weighted by Crippen LogP contribution is 2.35. The lowest BCUT2D eigenvalue weighted by Crippen LogP contribution is -2.29. The van der Waals surface area contributed by atoms with Crippen LogP contribution >= 0.6 is 11.6 Å². The number of hydrogen-bond donors (Lipinski definition) is 1. The summed E-state index contributed by atoms with van der Waals surface area (Å²) in [4.78, 5) is 6.78. The zero-order chi connectivity index (χ0) is 12.7. The molecule has 0 spiro atoms. The molecule has 94 valence electrons. The van der Waals surface area contributed by atoms with Crippen molar-refractivity contribution >= 4 is 22.5 Å². The highest BCUT2D eigenvalue weighted by Gasteiger charge is 2.31. The van der Waals surface area contributed by atoms with E-state index in [9.17, 15) is 0 Å². The second-order valence-corrected chi connectivity index (χ2v) is 5.32. The van der Waals surface area contributed by atoms with Gasteiger partial charge < -0.3 is 5.73 Å². The number of nitrogens with two attached hydrogens (primary N) is 1. The van der Waals surface area contributed by atoms with Crippen molar-refractivity contribution in [2.75, 3.05) is 13.6 Å². The first kappa shape index (κ1) is 11.9. The summed E-state index contributed by atoms with van der Waals surface area (Å²) in [6.45, 7) is 1.03. The molecule has 0 radical (unpaired) electrons. The number of fused-ring (bicyclic) bond motifs is 1. The summed E-state index contributed by atoms with van der Waals surface area (Å²) in [6.07, 6.45) is 2.83. The minimum atomic E-state index is 0.168. The predicted molar refractivity (Wildman–Crippen MR) is 74.7 cm³/mol. The van der Waals surface area contributed by atoms with E-state index < -0.39 is 0 Å². The van der Waals surface area contributed by atoms with Crippen molar-refractivity contribution < 1.29 is 0 Å². The summed E-state index contributed by atoms with van der Waals surface area (Å²) in [6, 6.07) is 8.33. The van der Waals surface area contributed by atoms with E-state index in [1.165, 1.54) is 5.56 Å². The van der Waals surface area contributed by atoms with Gasteiger partial charge in [-0.05, 0) is 37.2 Å². The van der Waals surface area contributed by atoms with E-state index in [1.807, 2.05) is 24.4 Å². The molecule has 0 amide bonds. The van der Waals surface area contributed by atoms with Crippen molar-refractivity contribution in [3.63, 3.8) is 0 Å². The smallest absolute Gasteiger partial charge is 0.0765 e. The first-order valence-corrected chi connectivity index (χ1v) is 6.55. The fourth-order valence-corrected chi connectivity index (χ4v) is 3.06. The summed E-state index contributed by atoms with van der Waals surface area (Å²) in [5.41, 5.74) is 8.38. The number of pyridine rings is 1. The third kappa shape index (κ3) is 1.79. The van der Waals surface area contributed by atoms with Crippen LogP contribution in [0.2, 0.25) is 5.02 Å². The molecule has 2 heterocycles. The molecule has 1 saturated heterocycles. The number of aromatic nitrogens is 1. The van der Waals surface area contributed by atoms with Crippen LogP contribution in [-0.2, 0) is 0 Å². The molecule has 1 aromatic carbocycles. The summed E-state index contributed by atoms with van der Waals surface area (Å²) in [5.74, 6) is 0. The lowest BCUT2D eigenvalue weighted by atomic mass is 9.98. The Kier molecular flexibility index (Phi) is 2.98. The van der Waals surface area contributed by atoms with Gasteiger partial charge in [0.05, 0.1) is 11.6 Å². The van der Waals surface area contributed by atoms with Crippen LogP contribution in [0.3, 0.4) is 0 Å². The minimum Gasteiger partial charge on any atom is -0.326 e. The minimum absolute atomic E-state index is 0.168. The maximum atomic E-state index is 6.23. The summed E-state index contributed by atoms with van der Waals surface area (Å²) in [5, 5.41) is 1.75. The second-order valence-electron chi connectivity index (χ2n) is 4.91. The molecule has 1 aliphatic rings. The van der Waals surface area contributed by atoms with Gasteiger partial charge in [0.2, 0.25) is 0 Å². The zero-order valence-corrected chi connectivity index (χ0v) is 11.1. The molecule has 4 heteroatoms. The third-order valence-corrected chi connectivity index (χ3v) is 4.09. The molecular formula is C14H16ClN3. The molecule has 2 N–H and O–H groups in total. The SMILES string of the molecule is CN1CCC(N)C1c1ccc(Cl)c2cccnc12. The van der Waals surface area contributed by atoms with E-state index in [4.69, 9.17) is 17.3 Å². The van der Waals surface area contributed by atoms with E-state index >= 15 is 0 Å². The number of benzene rings is 1. The Bertz CT molecular complexity index is 574. The van der Waals surface area contributed by atoms with Gasteiger partial charge in [-0.2, -0.15) is 0 Å². The van der Waals surface area contributed by atoms with E-state index in [1.54, 1.807) is 0 Å². The van der Waals surface area contributed by atoms with Crippen molar-refractivity contribution in [1.29, 1.82) is 0 Å². The maximum Gasteiger partial charge on any atom is 0.0765 e. The van der Waals surface area contributed by atoms with Crippen LogP contribution in [0.4, 0.5) is 0 Å². The van der Waals surface area contributed by atoms with Crippen molar-refractivity contribution in [3.05, 3.63) is 41.0 Å². The molecule has 0 bridgehead atoms. The average Bonchev–Trinajstić information content (AvgIpc) is 2.71. The van der Waals surface area contributed by atoms with Gasteiger partial charge in [-0.1, -0.05) is 17.7 Å². The monoisotopic (exact) mass is 261 g/mol. The summed E-state index contributed by atoms with van der Waals surface area (Å²) < 4.78 is 0. The molecule has 2 unspecified atom stereocenters. The number of likely N-dealkylation sites (tertiary alicyclic amines) is 1. The zero-order valence-electron chi connectivity index (χ0n) is 10.3. The largest absolute Gasteiger partial charge is 0.326 e. The summed E-state index contributed by atoms with van der Waals surface area (Å²) in [7, 11) is 2.11. The fourth-order valence-electron chi connectivity index (χ4n) is 2.84. The number of halogens is 1. The second kappa shape index (κ2) is 4.50. The quantitative estimate of drug-likeness (QED) is 0.858. The standard InChI is InChI=1S/C14H16ClN3/c1-18-8-6-12(16)14(18)10-4-5-11(15)9-3-2-7-17-13(9)10/h2-5,7,12,14H,6,8,16H2,1H3. The number of likely N-dealkylation sites (N-methyl/N-ethyl adjacent to an activating group) is 1. The molecule has 3 rings (SSSR count). The molecule has 1 fully saturated rings. The summed E-state index contributed by atoms with van der Waals surface area (Å²) >= 11 is 6.22. The number of rotatable bonds is 1. The van der Waals surface area contributed by atoms with Crippen LogP contribution in [0.5, 0.6) is 0 Å². The Labute approximate surface area is 112 Å². The van der Waals surface area contributed by atoms with E-state index in [0.717, 1.165) is 28.9 Å². The van der Waals surface area contributed by atoms with Gasteiger partial charge in [0, 0.05) is 29.2 Å². The molecular weight excluding hydrogens is 246 g/mol. The highest BCUT2D eigenvalue weighted by atomic mass is 35.5. The molecule has 0 aliphatic carbocycles. The van der Waals surface area contributed by atoms with Gasteiger partial charge in [0.25, 0.3) is 0 Å². The first-order chi connectivity index (χ1) is 8.68. The van der Waals surface area contributed by atoms with E-state index in [0.29, 0.717) is 0 Å². The van der Waals surface area contributed by atoms with Crippen molar-refractivity contribution in [2.24, 2.45) is 5.73 Å². The molecule has 3 nitrogen and oxygen atoms in total. The van der Waals surface area contributed by atoms with Crippen LogP contribution < -0.4 is 5.73 Å². The van der Waals surface area contributed by atoms with E-state index in [-0.39, 0.29) is 12.1 Å².